The topological polar surface area (TPSA) is 151 Å². The van der Waals surface area contributed by atoms with Crippen LogP contribution in [0.4, 0.5) is 11.5 Å². The quantitative estimate of drug-likeness (QED) is 0.110. The molecule has 0 aliphatic carbocycles. The van der Waals surface area contributed by atoms with E-state index < -0.39 is 6.04 Å². The molecule has 4 heterocycles. The summed E-state index contributed by atoms with van der Waals surface area (Å²) in [6, 6.07) is 38.7. The molecule has 3 saturated heterocycles. The molecule has 12 heteroatoms. The first-order valence-electron chi connectivity index (χ1n) is 22.1. The number of hydrogen-bond donors (Lipinski definition) is 3. The molecule has 3 aliphatic heterocycles. The molecule has 4 aromatic carbocycles. The maximum absolute atomic E-state index is 13.5. The number of nitrogens with zero attached hydrogens (tertiary/aromatic N) is 5. The van der Waals surface area contributed by atoms with E-state index in [0.717, 1.165) is 97.7 Å². The number of piperidine rings is 2. The molecular formula is C51H54N8O4. The smallest absolute Gasteiger partial charge is 0.247 e. The predicted molar refractivity (Wildman–Crippen MR) is 244 cm³/mol. The molecule has 2 atom stereocenters. The number of likely N-dealkylation sites (tertiary alicyclic amines) is 1. The number of nitrogens with one attached hydrogen (secondary N) is 3. The fourth-order valence-corrected chi connectivity index (χ4v) is 8.90. The van der Waals surface area contributed by atoms with Gasteiger partial charge in [0.25, 0.3) is 0 Å². The minimum absolute atomic E-state index is 0.165. The maximum atomic E-state index is 13.5. The van der Waals surface area contributed by atoms with Gasteiger partial charge in [-0.1, -0.05) is 78.9 Å². The summed E-state index contributed by atoms with van der Waals surface area (Å²) in [6.45, 7) is 7.10. The summed E-state index contributed by atoms with van der Waals surface area (Å²) in [6.07, 6.45) is 5.80. The van der Waals surface area contributed by atoms with Gasteiger partial charge in [-0.15, -0.1) is 0 Å². The van der Waals surface area contributed by atoms with E-state index >= 15 is 0 Å². The van der Waals surface area contributed by atoms with E-state index in [1.165, 1.54) is 0 Å². The van der Waals surface area contributed by atoms with Crippen molar-refractivity contribution in [2.75, 3.05) is 62.6 Å². The molecule has 3 N–H and O–H groups in total. The normalized spacial score (nSPS) is 17.7. The number of aromatic nitrogens is 1. The fourth-order valence-electron chi connectivity index (χ4n) is 8.90. The van der Waals surface area contributed by atoms with Crippen LogP contribution in [0.1, 0.15) is 65.5 Å². The fraction of sp³-hybridized carbons (Fsp3) is 0.333. The van der Waals surface area contributed by atoms with Gasteiger partial charge in [0.05, 0.1) is 24.0 Å². The summed E-state index contributed by atoms with van der Waals surface area (Å²) in [7, 11) is 0. The highest BCUT2D eigenvalue weighted by molar-refractivity contribution is 6.01. The van der Waals surface area contributed by atoms with Crippen LogP contribution >= 0.6 is 0 Å². The molecule has 12 nitrogen and oxygen atoms in total. The van der Waals surface area contributed by atoms with Crippen LogP contribution in [-0.4, -0.2) is 90.8 Å². The third-order valence-electron chi connectivity index (χ3n) is 12.7. The van der Waals surface area contributed by atoms with Crippen LogP contribution < -0.4 is 20.9 Å². The highest BCUT2D eigenvalue weighted by Gasteiger charge is 2.29. The third-order valence-corrected chi connectivity index (χ3v) is 12.7. The van der Waals surface area contributed by atoms with Gasteiger partial charge in [0, 0.05) is 76.2 Å². The van der Waals surface area contributed by atoms with Gasteiger partial charge in [0.2, 0.25) is 23.6 Å². The summed E-state index contributed by atoms with van der Waals surface area (Å²) in [4.78, 5) is 62.3. The standard InChI is InChI=1S/C51H54N8O4/c52-33-38-8-6-36(7-9-38)22-25-53-49(42-4-2-1-3-5-42)51(63)55-46-20-16-43(34-54-46)40-12-10-37(11-13-40)32-48(61)59-26-23-39(24-27-59)35-57-28-30-58(31-29-57)44-17-14-41(15-18-44)45-19-21-47(60)56-50(45)62/h1-18,20,34,39,45,49,53H,19,21-32,35H2,(H,54,55,63)(H,56,60,62). The van der Waals surface area contributed by atoms with Gasteiger partial charge in [0.15, 0.2) is 0 Å². The van der Waals surface area contributed by atoms with Crippen LogP contribution in [0.3, 0.4) is 0 Å². The van der Waals surface area contributed by atoms with Gasteiger partial charge in [-0.3, -0.25) is 29.4 Å². The Bertz CT molecular complexity index is 2380. The minimum atomic E-state index is -0.575. The summed E-state index contributed by atoms with van der Waals surface area (Å²) >= 11 is 0. The molecule has 0 saturated carbocycles. The maximum Gasteiger partial charge on any atom is 0.247 e. The largest absolute Gasteiger partial charge is 0.369 e. The van der Waals surface area contributed by atoms with Gasteiger partial charge in [0.1, 0.15) is 11.9 Å². The minimum Gasteiger partial charge on any atom is -0.369 e. The lowest BCUT2D eigenvalue weighted by Gasteiger charge is -2.39. The first-order valence-corrected chi connectivity index (χ1v) is 22.1. The molecule has 4 amide bonds. The van der Waals surface area contributed by atoms with Gasteiger partial charge in [-0.2, -0.15) is 5.26 Å². The van der Waals surface area contributed by atoms with Gasteiger partial charge < -0.3 is 20.4 Å². The molecule has 63 heavy (non-hydrogen) atoms. The molecule has 5 aromatic rings. The van der Waals surface area contributed by atoms with E-state index in [-0.39, 0.29) is 29.5 Å². The van der Waals surface area contributed by atoms with Crippen molar-refractivity contribution in [2.24, 2.45) is 5.92 Å². The Labute approximate surface area is 369 Å². The molecule has 1 aromatic heterocycles. The number of anilines is 2. The zero-order valence-electron chi connectivity index (χ0n) is 35.5. The van der Waals surface area contributed by atoms with Crippen molar-refractivity contribution in [3.63, 3.8) is 0 Å². The summed E-state index contributed by atoms with van der Waals surface area (Å²) in [5, 5.41) is 17.9. The van der Waals surface area contributed by atoms with Crippen molar-refractivity contribution in [3.05, 3.63) is 149 Å². The second kappa shape index (κ2) is 20.5. The van der Waals surface area contributed by atoms with E-state index in [9.17, 15) is 19.2 Å². The number of amides is 4. The van der Waals surface area contributed by atoms with Gasteiger partial charge in [-0.25, -0.2) is 4.98 Å². The van der Waals surface area contributed by atoms with E-state index in [2.05, 4.69) is 48.9 Å². The molecule has 0 spiro atoms. The lowest BCUT2D eigenvalue weighted by atomic mass is 9.90. The number of piperazine rings is 1. The Morgan fingerprint density at radius 2 is 1.48 bits per heavy atom. The number of imide groups is 1. The Kier molecular flexibility index (Phi) is 14.0. The number of pyridine rings is 1. The second-order valence-electron chi connectivity index (χ2n) is 16.9. The number of benzene rings is 4. The number of carbonyl (C=O) groups excluding carboxylic acids is 4. The monoisotopic (exact) mass is 842 g/mol. The van der Waals surface area contributed by atoms with Crippen LogP contribution in [0.25, 0.3) is 11.1 Å². The molecule has 322 valence electrons. The summed E-state index contributed by atoms with van der Waals surface area (Å²) in [5.74, 6) is 0.347. The van der Waals surface area contributed by atoms with Crippen LogP contribution in [0.15, 0.2) is 121 Å². The Balaban J connectivity index is 0.756. The average molecular weight is 843 g/mol. The first kappa shape index (κ1) is 43.0. The van der Waals surface area contributed by atoms with Crippen molar-refractivity contribution in [1.29, 1.82) is 5.26 Å². The van der Waals surface area contributed by atoms with E-state index in [1.54, 1.807) is 24.4 Å². The van der Waals surface area contributed by atoms with Crippen molar-refractivity contribution in [3.8, 4) is 17.2 Å². The van der Waals surface area contributed by atoms with Gasteiger partial charge >= 0.3 is 0 Å². The van der Waals surface area contributed by atoms with Crippen LogP contribution in [0.5, 0.6) is 0 Å². The SMILES string of the molecule is N#Cc1ccc(CCNC(C(=O)Nc2ccc(-c3ccc(CC(=O)N4CCC(CN5CCN(c6ccc(C7CCC(=O)NC7=O)cc6)CC5)CC4)cc3)cn2)c2ccccc2)cc1. The van der Waals surface area contributed by atoms with E-state index in [1.807, 2.05) is 89.8 Å². The van der Waals surface area contributed by atoms with Crippen molar-refractivity contribution in [2.45, 2.75) is 50.5 Å². The van der Waals surface area contributed by atoms with E-state index in [4.69, 9.17) is 5.26 Å². The molecule has 3 fully saturated rings. The highest BCUT2D eigenvalue weighted by atomic mass is 16.2. The zero-order valence-corrected chi connectivity index (χ0v) is 35.5. The van der Waals surface area contributed by atoms with Crippen LogP contribution in [-0.2, 0) is 32.0 Å². The zero-order chi connectivity index (χ0) is 43.5. The number of hydrogen-bond acceptors (Lipinski definition) is 9. The Hall–Kier alpha value is -6.68. The van der Waals surface area contributed by atoms with Crippen molar-refractivity contribution < 1.29 is 19.2 Å². The molecule has 3 aliphatic rings. The molecule has 0 bridgehead atoms. The second-order valence-corrected chi connectivity index (χ2v) is 16.9. The van der Waals surface area contributed by atoms with E-state index in [0.29, 0.717) is 49.5 Å². The van der Waals surface area contributed by atoms with Crippen LogP contribution in [0, 0.1) is 17.2 Å². The van der Waals surface area contributed by atoms with Crippen molar-refractivity contribution in [1.82, 2.24) is 25.4 Å². The van der Waals surface area contributed by atoms with Crippen LogP contribution in [0.2, 0.25) is 0 Å². The van der Waals surface area contributed by atoms with Crippen molar-refractivity contribution >= 4 is 35.1 Å². The Morgan fingerprint density at radius 1 is 0.778 bits per heavy atom. The Morgan fingerprint density at radius 3 is 2.14 bits per heavy atom. The molecule has 2 unspecified atom stereocenters. The average Bonchev–Trinajstić information content (AvgIpc) is 3.32. The summed E-state index contributed by atoms with van der Waals surface area (Å²) < 4.78 is 0. The highest BCUT2D eigenvalue weighted by Crippen LogP contribution is 2.28. The third kappa shape index (κ3) is 11.2. The number of carbonyl (C=O) groups is 4. The lowest BCUT2D eigenvalue weighted by molar-refractivity contribution is -0.134. The lowest BCUT2D eigenvalue weighted by Crippen LogP contribution is -2.49. The molecule has 8 rings (SSSR count). The molecule has 0 radical (unpaired) electrons. The molecular weight excluding hydrogens is 789 g/mol. The summed E-state index contributed by atoms with van der Waals surface area (Å²) in [5.41, 5.74) is 7.55. The van der Waals surface area contributed by atoms with Gasteiger partial charge in [-0.05, 0) is 95.8 Å². The number of nitriles is 1. The number of rotatable bonds is 14. The predicted octanol–water partition coefficient (Wildman–Crippen LogP) is 6.26. The first-order chi connectivity index (χ1) is 30.8.